The van der Waals surface area contributed by atoms with Gasteiger partial charge in [0.05, 0.1) is 32.0 Å². The van der Waals surface area contributed by atoms with Crippen molar-refractivity contribution in [2.24, 2.45) is 5.41 Å². The molecule has 35 heavy (non-hydrogen) atoms. The third kappa shape index (κ3) is 6.42. The summed E-state index contributed by atoms with van der Waals surface area (Å²) in [4.78, 5) is 0. The van der Waals surface area contributed by atoms with E-state index in [9.17, 15) is 35.7 Å². The summed E-state index contributed by atoms with van der Waals surface area (Å²) in [5.74, 6) is 0. The summed E-state index contributed by atoms with van der Waals surface area (Å²) in [7, 11) is 0. The van der Waals surface area contributed by atoms with Crippen molar-refractivity contribution in [1.82, 2.24) is 0 Å². The van der Waals surface area contributed by atoms with E-state index < -0.39 is 55.3 Å². The highest BCUT2D eigenvalue weighted by Gasteiger charge is 2.50. The molecule has 3 rings (SSSR count). The molecule has 0 aromatic carbocycles. The molecule has 0 amide bonds. The van der Waals surface area contributed by atoms with Crippen molar-refractivity contribution in [3.63, 3.8) is 0 Å². The van der Waals surface area contributed by atoms with Crippen molar-refractivity contribution in [3.05, 3.63) is 11.1 Å². The fourth-order valence-corrected chi connectivity index (χ4v) is 5.33. The van der Waals surface area contributed by atoms with Crippen LogP contribution in [0.5, 0.6) is 0 Å². The van der Waals surface area contributed by atoms with Crippen LogP contribution >= 0.6 is 0 Å². The molecule has 0 saturated carbocycles. The zero-order valence-electron chi connectivity index (χ0n) is 20.9. The Morgan fingerprint density at radius 2 is 1.74 bits per heavy atom. The molecule has 1 aliphatic carbocycles. The van der Waals surface area contributed by atoms with E-state index in [0.717, 1.165) is 6.42 Å². The van der Waals surface area contributed by atoms with Gasteiger partial charge in [-0.3, -0.25) is 0 Å². The minimum Gasteiger partial charge on any atom is -0.393 e. The predicted molar refractivity (Wildman–Crippen MR) is 122 cm³/mol. The van der Waals surface area contributed by atoms with E-state index in [1.165, 1.54) is 11.1 Å². The van der Waals surface area contributed by atoms with Gasteiger partial charge in [0.1, 0.15) is 36.1 Å². The first-order valence-corrected chi connectivity index (χ1v) is 12.3. The van der Waals surface area contributed by atoms with Crippen molar-refractivity contribution >= 4 is 0 Å². The highest BCUT2D eigenvalue weighted by molar-refractivity contribution is 5.24. The van der Waals surface area contributed by atoms with Crippen LogP contribution in [0.4, 0.5) is 0 Å². The third-order valence-corrected chi connectivity index (χ3v) is 7.46. The number of allylic oxidation sites excluding steroid dienone is 1. The molecule has 204 valence electrons. The maximum atomic E-state index is 10.4. The molecular weight excluding hydrogens is 464 g/mol. The zero-order chi connectivity index (χ0) is 26.1. The Balaban J connectivity index is 1.55. The lowest BCUT2D eigenvalue weighted by molar-refractivity contribution is -0.317. The molecule has 10 unspecified atom stereocenters. The predicted octanol–water partition coefficient (Wildman–Crippen LogP) is -1.07. The average Bonchev–Trinajstić information content (AvgIpc) is 3.06. The van der Waals surface area contributed by atoms with E-state index in [0.29, 0.717) is 19.3 Å². The molecule has 2 saturated heterocycles. The lowest BCUT2D eigenvalue weighted by Gasteiger charge is -2.41. The van der Waals surface area contributed by atoms with Gasteiger partial charge in [-0.2, -0.15) is 0 Å². The molecular formula is C24H42O11. The zero-order valence-corrected chi connectivity index (χ0v) is 20.9. The van der Waals surface area contributed by atoms with Crippen LogP contribution < -0.4 is 0 Å². The lowest BCUT2D eigenvalue weighted by atomic mass is 9.70. The average molecular weight is 507 g/mol. The Kier molecular flexibility index (Phi) is 9.37. The van der Waals surface area contributed by atoms with Crippen molar-refractivity contribution in [1.29, 1.82) is 0 Å². The highest BCUT2D eigenvalue weighted by atomic mass is 16.7. The highest BCUT2D eigenvalue weighted by Crippen LogP contribution is 2.42. The van der Waals surface area contributed by atoms with Crippen molar-refractivity contribution < 1.29 is 54.7 Å². The second-order valence-electron chi connectivity index (χ2n) is 10.9. The number of rotatable bonds is 9. The van der Waals surface area contributed by atoms with E-state index >= 15 is 0 Å². The molecule has 0 spiro atoms. The minimum absolute atomic E-state index is 0.125. The molecule has 2 aliphatic heterocycles. The Hall–Kier alpha value is -0.700. The molecule has 2 fully saturated rings. The molecule has 2 heterocycles. The van der Waals surface area contributed by atoms with Crippen LogP contribution in [0.25, 0.3) is 0 Å². The lowest BCUT2D eigenvalue weighted by Crippen LogP contribution is -2.60. The van der Waals surface area contributed by atoms with Gasteiger partial charge in [-0.25, -0.2) is 0 Å². The number of hydrogen-bond acceptors (Lipinski definition) is 11. The maximum Gasteiger partial charge on any atom is 0.186 e. The molecule has 0 radical (unpaired) electrons. The van der Waals surface area contributed by atoms with Crippen molar-refractivity contribution in [2.45, 2.75) is 114 Å². The van der Waals surface area contributed by atoms with Crippen LogP contribution in [0, 0.1) is 5.41 Å². The SMILES string of the molecule is CC1=C(CCC(C)OC2OC(COC3OCC(O)(CO)C3O)C(O)C(O)C2O)C(C)(C)CC(O)C1. The first-order valence-electron chi connectivity index (χ1n) is 12.3. The number of hydrogen-bond donors (Lipinski definition) is 7. The van der Waals surface area contributed by atoms with E-state index in [1.54, 1.807) is 0 Å². The molecule has 11 heteroatoms. The van der Waals surface area contributed by atoms with Crippen LogP contribution in [-0.2, 0) is 18.9 Å². The number of aliphatic hydroxyl groups is 7. The van der Waals surface area contributed by atoms with Crippen LogP contribution in [0.1, 0.15) is 53.4 Å². The van der Waals surface area contributed by atoms with E-state index in [-0.39, 0.29) is 30.8 Å². The van der Waals surface area contributed by atoms with Crippen LogP contribution in [-0.4, -0.2) is 116 Å². The molecule has 10 atom stereocenters. The van der Waals surface area contributed by atoms with Gasteiger partial charge in [0.25, 0.3) is 0 Å². The molecule has 0 aromatic rings. The summed E-state index contributed by atoms with van der Waals surface area (Å²) in [6.45, 7) is 6.71. The monoisotopic (exact) mass is 506 g/mol. The Labute approximate surface area is 205 Å². The Morgan fingerprint density at radius 3 is 2.34 bits per heavy atom. The van der Waals surface area contributed by atoms with Gasteiger partial charge < -0.3 is 54.7 Å². The van der Waals surface area contributed by atoms with Gasteiger partial charge in [0.2, 0.25) is 0 Å². The summed E-state index contributed by atoms with van der Waals surface area (Å²) in [5.41, 5.74) is 0.477. The third-order valence-electron chi connectivity index (χ3n) is 7.46. The fourth-order valence-electron chi connectivity index (χ4n) is 5.33. The van der Waals surface area contributed by atoms with Gasteiger partial charge in [-0.05, 0) is 44.9 Å². The first-order chi connectivity index (χ1) is 16.3. The summed E-state index contributed by atoms with van der Waals surface area (Å²) < 4.78 is 22.2. The Bertz CT molecular complexity index is 743. The second kappa shape index (κ2) is 11.4. The summed E-state index contributed by atoms with van der Waals surface area (Å²) in [6, 6.07) is 0. The van der Waals surface area contributed by atoms with Gasteiger partial charge in [0, 0.05) is 0 Å². The fraction of sp³-hybridized carbons (Fsp3) is 0.917. The maximum absolute atomic E-state index is 10.4. The van der Waals surface area contributed by atoms with Crippen LogP contribution in [0.15, 0.2) is 11.1 Å². The minimum atomic E-state index is -1.85. The van der Waals surface area contributed by atoms with Gasteiger partial charge in [-0.1, -0.05) is 25.0 Å². The van der Waals surface area contributed by atoms with Crippen molar-refractivity contribution in [2.75, 3.05) is 19.8 Å². The van der Waals surface area contributed by atoms with Gasteiger partial charge in [-0.15, -0.1) is 0 Å². The summed E-state index contributed by atoms with van der Waals surface area (Å²) in [5, 5.41) is 70.6. The smallest absolute Gasteiger partial charge is 0.186 e. The molecule has 0 bridgehead atoms. The van der Waals surface area contributed by atoms with E-state index in [1.807, 2.05) is 13.8 Å². The van der Waals surface area contributed by atoms with Crippen LogP contribution in [0.2, 0.25) is 0 Å². The summed E-state index contributed by atoms with van der Waals surface area (Å²) in [6.07, 6.45) is -7.60. The quantitative estimate of drug-likeness (QED) is 0.189. The van der Waals surface area contributed by atoms with Gasteiger partial charge in [0.15, 0.2) is 12.6 Å². The Morgan fingerprint density at radius 1 is 1.06 bits per heavy atom. The number of aliphatic hydroxyl groups excluding tert-OH is 6. The van der Waals surface area contributed by atoms with E-state index in [2.05, 4.69) is 13.8 Å². The van der Waals surface area contributed by atoms with Crippen LogP contribution in [0.3, 0.4) is 0 Å². The van der Waals surface area contributed by atoms with Gasteiger partial charge >= 0.3 is 0 Å². The topological polar surface area (TPSA) is 179 Å². The second-order valence-corrected chi connectivity index (χ2v) is 10.9. The molecule has 7 N–H and O–H groups in total. The molecule has 0 aromatic heterocycles. The first kappa shape index (κ1) is 28.9. The molecule has 3 aliphatic rings. The standard InChI is InChI=1S/C24H42O11/c1-12-7-14(26)8-23(3,4)15(12)6-5-13(2)34-21-19(29)18(28)17(27)16(35-21)9-32-22-20(30)24(31,10-25)11-33-22/h13-14,16-22,25-31H,5-11H2,1-4H3. The molecule has 11 nitrogen and oxygen atoms in total. The normalized spacial score (nSPS) is 42.9. The largest absolute Gasteiger partial charge is 0.393 e. The number of ether oxygens (including phenoxy) is 4. The van der Waals surface area contributed by atoms with E-state index in [4.69, 9.17) is 18.9 Å². The summed E-state index contributed by atoms with van der Waals surface area (Å²) >= 11 is 0. The van der Waals surface area contributed by atoms with Crippen molar-refractivity contribution in [3.8, 4) is 0 Å².